The molecule has 6 unspecified atom stereocenters. The number of fused-ring (bicyclic) bond motifs is 2. The van der Waals surface area contributed by atoms with Crippen molar-refractivity contribution in [3.63, 3.8) is 0 Å². The molecule has 5 heteroatoms. The number of carbonyl (C=O) groups excluding carboxylic acids is 1. The Balaban J connectivity index is 1.88. The predicted molar refractivity (Wildman–Crippen MR) is 130 cm³/mol. The fraction of sp³-hybridized carbons (Fsp3) is 0.720. The third-order valence-electron chi connectivity index (χ3n) is 9.06. The molecule has 6 atom stereocenters. The number of alkyl halides is 2. The molecule has 166 valence electrons. The minimum atomic E-state index is -0.277. The van der Waals surface area contributed by atoms with Crippen LogP contribution in [0.2, 0.25) is 0 Å². The standard InChI is InChI=1S/C25H35Br2NO2/c1-7-24(5)15(2)11-12-20-23(3,4)21(27)18(26)13-25(20,24)30-19-10-8-9-16-17(19)14-28(6)22(16)29/h8-10,15,18,20-21H,7,11-14H2,1-6H3. The van der Waals surface area contributed by atoms with Crippen LogP contribution in [0.3, 0.4) is 0 Å². The Morgan fingerprint density at radius 2 is 1.90 bits per heavy atom. The van der Waals surface area contributed by atoms with Crippen LogP contribution in [0, 0.1) is 22.7 Å². The normalized spacial score (nSPS) is 40.1. The van der Waals surface area contributed by atoms with Crippen LogP contribution in [0.25, 0.3) is 0 Å². The van der Waals surface area contributed by atoms with Crippen LogP contribution in [-0.2, 0) is 6.54 Å². The maximum Gasteiger partial charge on any atom is 0.254 e. The SMILES string of the molecule is CCC1(C)C(C)CCC2C(C)(C)C(Br)C(Br)CC21Oc1cccc2c1CN(C)C2=O. The molecule has 3 aliphatic rings. The molecule has 4 rings (SSSR count). The molecule has 30 heavy (non-hydrogen) atoms. The summed E-state index contributed by atoms with van der Waals surface area (Å²) in [6.45, 7) is 12.6. The van der Waals surface area contributed by atoms with Crippen LogP contribution in [0.15, 0.2) is 18.2 Å². The number of benzene rings is 1. The van der Waals surface area contributed by atoms with Crippen LogP contribution < -0.4 is 4.74 Å². The van der Waals surface area contributed by atoms with Crippen LogP contribution >= 0.6 is 31.9 Å². The summed E-state index contributed by atoms with van der Waals surface area (Å²) in [5, 5.41) is 0. The van der Waals surface area contributed by atoms with Crippen molar-refractivity contribution in [1.29, 1.82) is 0 Å². The predicted octanol–water partition coefficient (Wildman–Crippen LogP) is 6.81. The van der Waals surface area contributed by atoms with Crippen molar-refractivity contribution >= 4 is 37.8 Å². The van der Waals surface area contributed by atoms with E-state index in [0.29, 0.717) is 28.0 Å². The second-order valence-electron chi connectivity index (χ2n) is 10.7. The highest BCUT2D eigenvalue weighted by atomic mass is 79.9. The summed E-state index contributed by atoms with van der Waals surface area (Å²) in [7, 11) is 1.87. The van der Waals surface area contributed by atoms with Gasteiger partial charge in [-0.05, 0) is 42.7 Å². The third-order valence-corrected chi connectivity index (χ3v) is 12.4. The van der Waals surface area contributed by atoms with E-state index in [1.165, 1.54) is 12.8 Å². The zero-order chi connectivity index (χ0) is 22.1. The van der Waals surface area contributed by atoms with Gasteiger partial charge in [-0.15, -0.1) is 0 Å². The minimum absolute atomic E-state index is 0.0591. The Morgan fingerprint density at radius 1 is 1.20 bits per heavy atom. The van der Waals surface area contributed by atoms with E-state index in [1.54, 1.807) is 4.90 Å². The van der Waals surface area contributed by atoms with Gasteiger partial charge in [-0.25, -0.2) is 0 Å². The molecule has 0 bridgehead atoms. The molecule has 1 amide bonds. The molecule has 1 heterocycles. The van der Waals surface area contributed by atoms with E-state index in [2.05, 4.69) is 72.5 Å². The molecule has 0 N–H and O–H groups in total. The van der Waals surface area contributed by atoms with Crippen molar-refractivity contribution < 1.29 is 9.53 Å². The maximum atomic E-state index is 12.6. The van der Waals surface area contributed by atoms with Gasteiger partial charge in [-0.1, -0.05) is 72.5 Å². The lowest BCUT2D eigenvalue weighted by atomic mass is 9.45. The third kappa shape index (κ3) is 2.97. The summed E-state index contributed by atoms with van der Waals surface area (Å²) in [5.41, 5.74) is 1.73. The lowest BCUT2D eigenvalue weighted by Gasteiger charge is -2.66. The Bertz CT molecular complexity index is 856. The fourth-order valence-corrected chi connectivity index (χ4v) is 8.46. The lowest BCUT2D eigenvalue weighted by molar-refractivity contribution is -0.199. The van der Waals surface area contributed by atoms with Gasteiger partial charge in [0.1, 0.15) is 11.4 Å². The van der Waals surface area contributed by atoms with Gasteiger partial charge in [-0.2, -0.15) is 0 Å². The second-order valence-corrected chi connectivity index (χ2v) is 12.8. The van der Waals surface area contributed by atoms with Crippen LogP contribution in [0.5, 0.6) is 5.75 Å². The van der Waals surface area contributed by atoms with Crippen molar-refractivity contribution in [2.75, 3.05) is 7.05 Å². The largest absolute Gasteiger partial charge is 0.486 e. The second kappa shape index (κ2) is 7.50. The summed E-state index contributed by atoms with van der Waals surface area (Å²) in [6.07, 6.45) is 4.48. The summed E-state index contributed by atoms with van der Waals surface area (Å²) in [5.74, 6) is 2.03. The molecule has 0 aromatic heterocycles. The molecule has 0 spiro atoms. The van der Waals surface area contributed by atoms with E-state index in [-0.39, 0.29) is 22.3 Å². The molecular formula is C25H35Br2NO2. The average Bonchev–Trinajstić information content (AvgIpc) is 2.99. The highest BCUT2D eigenvalue weighted by Crippen LogP contribution is 2.65. The molecule has 3 nitrogen and oxygen atoms in total. The van der Waals surface area contributed by atoms with E-state index >= 15 is 0 Å². The Kier molecular flexibility index (Phi) is 5.66. The van der Waals surface area contributed by atoms with Crippen LogP contribution in [0.4, 0.5) is 0 Å². The Labute approximate surface area is 198 Å². The molecule has 1 aromatic carbocycles. The topological polar surface area (TPSA) is 29.5 Å². The molecule has 0 saturated heterocycles. The first-order chi connectivity index (χ1) is 14.0. The molecule has 1 aromatic rings. The number of ether oxygens (including phenoxy) is 1. The van der Waals surface area contributed by atoms with E-state index < -0.39 is 0 Å². The monoisotopic (exact) mass is 539 g/mol. The van der Waals surface area contributed by atoms with E-state index in [4.69, 9.17) is 4.74 Å². The maximum absolute atomic E-state index is 12.6. The van der Waals surface area contributed by atoms with Crippen molar-refractivity contribution in [3.05, 3.63) is 29.3 Å². The number of carbonyl (C=O) groups is 1. The first-order valence-corrected chi connectivity index (χ1v) is 13.2. The minimum Gasteiger partial charge on any atom is -0.486 e. The van der Waals surface area contributed by atoms with Gasteiger partial charge in [0.05, 0.1) is 6.54 Å². The smallest absolute Gasteiger partial charge is 0.254 e. The summed E-state index contributed by atoms with van der Waals surface area (Å²) >= 11 is 8.07. The first-order valence-electron chi connectivity index (χ1n) is 11.3. The highest BCUT2D eigenvalue weighted by Gasteiger charge is 2.67. The number of halogens is 2. The summed E-state index contributed by atoms with van der Waals surface area (Å²) in [4.78, 5) is 15.1. The Hall–Kier alpha value is -0.550. The Morgan fingerprint density at radius 3 is 2.57 bits per heavy atom. The number of nitrogens with zero attached hydrogens (tertiary/aromatic N) is 1. The zero-order valence-electron chi connectivity index (χ0n) is 19.1. The van der Waals surface area contributed by atoms with E-state index in [0.717, 1.165) is 29.7 Å². The van der Waals surface area contributed by atoms with Crippen LogP contribution in [-0.4, -0.2) is 33.1 Å². The van der Waals surface area contributed by atoms with Gasteiger partial charge in [0.25, 0.3) is 5.91 Å². The molecular weight excluding hydrogens is 506 g/mol. The summed E-state index contributed by atoms with van der Waals surface area (Å²) < 4.78 is 7.29. The van der Waals surface area contributed by atoms with E-state index in [9.17, 15) is 4.79 Å². The van der Waals surface area contributed by atoms with Crippen LogP contribution in [0.1, 0.15) is 76.2 Å². The molecule has 1 aliphatic heterocycles. The van der Waals surface area contributed by atoms with Crippen molar-refractivity contribution in [3.8, 4) is 5.75 Å². The number of amides is 1. The number of hydrogen-bond acceptors (Lipinski definition) is 2. The molecule has 2 saturated carbocycles. The van der Waals surface area contributed by atoms with Gasteiger partial charge in [0.15, 0.2) is 0 Å². The first kappa shape index (κ1) is 22.6. The zero-order valence-corrected chi connectivity index (χ0v) is 22.3. The van der Waals surface area contributed by atoms with Gasteiger partial charge in [-0.3, -0.25) is 4.79 Å². The fourth-order valence-electron chi connectivity index (χ4n) is 6.80. The van der Waals surface area contributed by atoms with Gasteiger partial charge in [0, 0.05) is 45.6 Å². The van der Waals surface area contributed by atoms with Gasteiger partial charge >= 0.3 is 0 Å². The van der Waals surface area contributed by atoms with Crippen molar-refractivity contribution in [1.82, 2.24) is 4.90 Å². The van der Waals surface area contributed by atoms with Crippen molar-refractivity contribution in [2.24, 2.45) is 22.7 Å². The number of rotatable bonds is 3. The molecule has 0 radical (unpaired) electrons. The highest BCUT2D eigenvalue weighted by molar-refractivity contribution is 9.12. The quantitative estimate of drug-likeness (QED) is 0.394. The van der Waals surface area contributed by atoms with Gasteiger partial charge < -0.3 is 9.64 Å². The average molecular weight is 541 g/mol. The number of hydrogen-bond donors (Lipinski definition) is 0. The van der Waals surface area contributed by atoms with Crippen molar-refractivity contribution in [2.45, 2.75) is 82.1 Å². The molecule has 2 aliphatic carbocycles. The van der Waals surface area contributed by atoms with E-state index in [1.807, 2.05) is 19.2 Å². The van der Waals surface area contributed by atoms with Gasteiger partial charge in [0.2, 0.25) is 0 Å². The lowest BCUT2D eigenvalue weighted by Crippen LogP contribution is -2.70. The summed E-state index contributed by atoms with van der Waals surface area (Å²) in [6, 6.07) is 6.01. The molecule has 2 fully saturated rings.